The number of nitrogens with zero attached hydrogens (tertiary/aromatic N) is 2. The lowest BCUT2D eigenvalue weighted by atomic mass is 9.87. The van der Waals surface area contributed by atoms with Gasteiger partial charge in [0.15, 0.2) is 0 Å². The summed E-state index contributed by atoms with van der Waals surface area (Å²) >= 11 is 6.11. The lowest BCUT2D eigenvalue weighted by Gasteiger charge is -2.39. The predicted octanol–water partition coefficient (Wildman–Crippen LogP) is 1.30. The van der Waals surface area contributed by atoms with E-state index in [-0.39, 0.29) is 17.7 Å². The molecule has 1 aromatic heterocycles. The van der Waals surface area contributed by atoms with Crippen molar-refractivity contribution >= 4 is 11.6 Å². The highest BCUT2D eigenvalue weighted by Gasteiger charge is 2.38. The highest BCUT2D eigenvalue weighted by Crippen LogP contribution is 2.28. The van der Waals surface area contributed by atoms with Crippen molar-refractivity contribution in [3.8, 4) is 5.69 Å². The lowest BCUT2D eigenvalue weighted by molar-refractivity contribution is -0.145. The Kier molecular flexibility index (Phi) is 3.41. The van der Waals surface area contributed by atoms with Crippen LogP contribution in [0.15, 0.2) is 41.5 Å². The number of aliphatic hydroxyl groups excluding tert-OH is 1. The van der Waals surface area contributed by atoms with Crippen molar-refractivity contribution in [2.24, 2.45) is 5.41 Å². The maximum Gasteiger partial charge on any atom is 0.332 e. The smallest absolute Gasteiger partial charge is 0.332 e. The van der Waals surface area contributed by atoms with Crippen molar-refractivity contribution < 1.29 is 9.84 Å². The number of rotatable bonds is 4. The molecule has 6 heteroatoms. The Labute approximate surface area is 121 Å². The molecule has 5 nitrogen and oxygen atoms in total. The molecule has 0 aliphatic carbocycles. The molecule has 0 atom stereocenters. The minimum atomic E-state index is -0.337. The van der Waals surface area contributed by atoms with Crippen LogP contribution < -0.4 is 5.69 Å². The van der Waals surface area contributed by atoms with E-state index in [4.69, 9.17) is 16.3 Å². The normalized spacial score (nSPS) is 16.9. The van der Waals surface area contributed by atoms with Gasteiger partial charge in [0.25, 0.3) is 0 Å². The largest absolute Gasteiger partial charge is 0.396 e. The Balaban J connectivity index is 1.94. The van der Waals surface area contributed by atoms with E-state index < -0.39 is 0 Å². The van der Waals surface area contributed by atoms with E-state index in [0.29, 0.717) is 30.5 Å². The van der Waals surface area contributed by atoms with Crippen LogP contribution in [0.5, 0.6) is 0 Å². The van der Waals surface area contributed by atoms with Crippen LogP contribution in [-0.4, -0.2) is 34.1 Å². The fraction of sp³-hybridized carbons (Fsp3) is 0.357. The first-order valence-corrected chi connectivity index (χ1v) is 6.74. The van der Waals surface area contributed by atoms with E-state index in [9.17, 15) is 9.90 Å². The van der Waals surface area contributed by atoms with Crippen LogP contribution in [0.1, 0.15) is 0 Å². The molecule has 3 rings (SSSR count). The highest BCUT2D eigenvalue weighted by molar-refractivity contribution is 6.32. The monoisotopic (exact) mass is 294 g/mol. The molecule has 0 radical (unpaired) electrons. The molecule has 1 aliphatic heterocycles. The van der Waals surface area contributed by atoms with Crippen molar-refractivity contribution in [1.82, 2.24) is 9.13 Å². The number of ether oxygens (including phenoxy) is 1. The SMILES string of the molecule is O=c1n(CC2(CO)COC2)ccn1-c1ccccc1Cl. The first kappa shape index (κ1) is 13.4. The van der Waals surface area contributed by atoms with Gasteiger partial charge in [-0.3, -0.25) is 9.13 Å². The second-order valence-corrected chi connectivity index (χ2v) is 5.59. The van der Waals surface area contributed by atoms with Crippen LogP contribution >= 0.6 is 11.6 Å². The van der Waals surface area contributed by atoms with E-state index in [0.717, 1.165) is 0 Å². The summed E-state index contributed by atoms with van der Waals surface area (Å²) in [4.78, 5) is 12.4. The van der Waals surface area contributed by atoms with E-state index in [1.165, 1.54) is 4.57 Å². The van der Waals surface area contributed by atoms with Gasteiger partial charge in [-0.2, -0.15) is 0 Å². The molecule has 1 aromatic carbocycles. The van der Waals surface area contributed by atoms with Gasteiger partial charge in [0.1, 0.15) is 0 Å². The van der Waals surface area contributed by atoms with Crippen LogP contribution in [0.3, 0.4) is 0 Å². The molecule has 1 aliphatic rings. The van der Waals surface area contributed by atoms with Gasteiger partial charge in [0.05, 0.1) is 35.9 Å². The fourth-order valence-corrected chi connectivity index (χ4v) is 2.58. The van der Waals surface area contributed by atoms with Crippen LogP contribution in [0.25, 0.3) is 5.69 Å². The average molecular weight is 295 g/mol. The number of imidazole rings is 1. The molecule has 20 heavy (non-hydrogen) atoms. The summed E-state index contributed by atoms with van der Waals surface area (Å²) in [5.41, 5.74) is 0.148. The van der Waals surface area contributed by atoms with Gasteiger partial charge in [-0.25, -0.2) is 4.79 Å². The summed E-state index contributed by atoms with van der Waals surface area (Å²) in [5, 5.41) is 9.96. The second kappa shape index (κ2) is 5.09. The standard InChI is InChI=1S/C14H15ClN2O3/c15-11-3-1-2-4-12(11)17-6-5-16(13(17)19)7-14(8-18)9-20-10-14/h1-6,18H,7-10H2. The van der Waals surface area contributed by atoms with Crippen molar-refractivity contribution in [3.05, 3.63) is 52.2 Å². The minimum absolute atomic E-state index is 0.0106. The summed E-state index contributed by atoms with van der Waals surface area (Å²) in [7, 11) is 0. The van der Waals surface area contributed by atoms with Crippen LogP contribution in [0.4, 0.5) is 0 Å². The van der Waals surface area contributed by atoms with Gasteiger partial charge < -0.3 is 9.84 Å². The third-order valence-electron chi connectivity index (χ3n) is 3.62. The Morgan fingerprint density at radius 3 is 2.65 bits per heavy atom. The summed E-state index contributed by atoms with van der Waals surface area (Å²) in [5.74, 6) is 0. The average Bonchev–Trinajstić information content (AvgIpc) is 2.76. The maximum absolute atomic E-state index is 12.4. The van der Waals surface area contributed by atoms with Gasteiger partial charge in [-0.1, -0.05) is 23.7 Å². The van der Waals surface area contributed by atoms with Crippen molar-refractivity contribution in [2.75, 3.05) is 19.8 Å². The first-order valence-electron chi connectivity index (χ1n) is 6.37. The lowest BCUT2D eigenvalue weighted by Crippen LogP contribution is -2.50. The Morgan fingerprint density at radius 2 is 2.05 bits per heavy atom. The molecule has 2 heterocycles. The molecule has 1 fully saturated rings. The Hall–Kier alpha value is -1.56. The Morgan fingerprint density at radius 1 is 1.30 bits per heavy atom. The van der Waals surface area contributed by atoms with E-state index in [1.807, 2.05) is 12.1 Å². The topological polar surface area (TPSA) is 56.4 Å². The molecule has 1 N–H and O–H groups in total. The highest BCUT2D eigenvalue weighted by atomic mass is 35.5. The minimum Gasteiger partial charge on any atom is -0.396 e. The molecule has 2 aromatic rings. The molecule has 0 spiro atoms. The number of aromatic nitrogens is 2. The third kappa shape index (κ3) is 2.18. The molecule has 0 bridgehead atoms. The number of hydrogen-bond acceptors (Lipinski definition) is 3. The molecule has 0 amide bonds. The van der Waals surface area contributed by atoms with Crippen LogP contribution in [0, 0.1) is 5.41 Å². The van der Waals surface area contributed by atoms with Gasteiger partial charge >= 0.3 is 5.69 Å². The van der Waals surface area contributed by atoms with Crippen LogP contribution in [0.2, 0.25) is 5.02 Å². The fourth-order valence-electron chi connectivity index (χ4n) is 2.35. The first-order chi connectivity index (χ1) is 9.65. The number of para-hydroxylation sites is 1. The van der Waals surface area contributed by atoms with Crippen molar-refractivity contribution in [2.45, 2.75) is 6.54 Å². The number of benzene rings is 1. The van der Waals surface area contributed by atoms with Crippen LogP contribution in [-0.2, 0) is 11.3 Å². The zero-order chi connectivity index (χ0) is 14.2. The summed E-state index contributed by atoms with van der Waals surface area (Å²) in [6.45, 7) is 1.41. The molecular formula is C14H15ClN2O3. The predicted molar refractivity (Wildman–Crippen MR) is 75.4 cm³/mol. The quantitative estimate of drug-likeness (QED) is 0.925. The third-order valence-corrected chi connectivity index (χ3v) is 3.94. The molecule has 0 unspecified atom stereocenters. The second-order valence-electron chi connectivity index (χ2n) is 5.18. The summed E-state index contributed by atoms with van der Waals surface area (Å²) < 4.78 is 8.24. The molecule has 106 valence electrons. The van der Waals surface area contributed by atoms with Crippen molar-refractivity contribution in [1.29, 1.82) is 0 Å². The number of hydrogen-bond donors (Lipinski definition) is 1. The van der Waals surface area contributed by atoms with E-state index in [1.54, 1.807) is 29.1 Å². The number of aliphatic hydroxyl groups is 1. The van der Waals surface area contributed by atoms with Crippen molar-refractivity contribution in [3.63, 3.8) is 0 Å². The molecular weight excluding hydrogens is 280 g/mol. The van der Waals surface area contributed by atoms with E-state index >= 15 is 0 Å². The van der Waals surface area contributed by atoms with Gasteiger partial charge in [0.2, 0.25) is 0 Å². The van der Waals surface area contributed by atoms with E-state index in [2.05, 4.69) is 0 Å². The Bertz CT molecular complexity index is 668. The molecule has 0 saturated carbocycles. The summed E-state index contributed by atoms with van der Waals surface area (Å²) in [6.07, 6.45) is 3.40. The van der Waals surface area contributed by atoms with Gasteiger partial charge in [-0.15, -0.1) is 0 Å². The maximum atomic E-state index is 12.4. The summed E-state index contributed by atoms with van der Waals surface area (Å²) in [6, 6.07) is 7.19. The zero-order valence-corrected chi connectivity index (χ0v) is 11.6. The van der Waals surface area contributed by atoms with Gasteiger partial charge in [0, 0.05) is 18.9 Å². The zero-order valence-electron chi connectivity index (χ0n) is 10.8. The number of halogens is 1. The molecule has 1 saturated heterocycles. The van der Waals surface area contributed by atoms with Gasteiger partial charge in [-0.05, 0) is 12.1 Å².